The van der Waals surface area contributed by atoms with Crippen molar-refractivity contribution in [2.24, 2.45) is 0 Å². The number of esters is 1. The van der Waals surface area contributed by atoms with Crippen molar-refractivity contribution in [1.82, 2.24) is 0 Å². The van der Waals surface area contributed by atoms with Gasteiger partial charge in [0.2, 0.25) is 0 Å². The van der Waals surface area contributed by atoms with Crippen molar-refractivity contribution in [2.45, 2.75) is 51.9 Å². The van der Waals surface area contributed by atoms with Crippen LogP contribution < -0.4 is 0 Å². The molecule has 0 aliphatic heterocycles. The van der Waals surface area contributed by atoms with Crippen molar-refractivity contribution in [3.8, 4) is 0 Å². The smallest absolute Gasteiger partial charge is 0.332 e. The van der Waals surface area contributed by atoms with Crippen LogP contribution in [0, 0.1) is 0 Å². The van der Waals surface area contributed by atoms with Crippen LogP contribution in [0.3, 0.4) is 0 Å². The lowest BCUT2D eigenvalue weighted by Crippen LogP contribution is -2.12. The third kappa shape index (κ3) is 13.8. The molecule has 0 amide bonds. The zero-order valence-electron chi connectivity index (χ0n) is 10.9. The molecule has 0 heterocycles. The Hall–Kier alpha value is -0.0900. The molecule has 0 saturated carbocycles. The number of unbranched alkanes of at least 4 members (excludes halogenated alkanes) is 6. The molecule has 4 heteroatoms. The van der Waals surface area contributed by atoms with Crippen molar-refractivity contribution < 1.29 is 14.3 Å². The lowest BCUT2D eigenvalue weighted by Gasteiger charge is -2.04. The van der Waals surface area contributed by atoms with E-state index in [1.165, 1.54) is 38.5 Å². The molecule has 0 aromatic carbocycles. The first-order valence-corrected chi connectivity index (χ1v) is 7.72. The Morgan fingerprint density at radius 2 is 1.59 bits per heavy atom. The molecule has 0 radical (unpaired) electrons. The zero-order chi connectivity index (χ0) is 12.8. The van der Waals surface area contributed by atoms with Crippen LogP contribution in [0.5, 0.6) is 0 Å². The summed E-state index contributed by atoms with van der Waals surface area (Å²) in [5.74, 6) is -0.262. The maximum atomic E-state index is 10.9. The molecule has 0 N–H and O–H groups in total. The molecule has 0 aliphatic carbocycles. The third-order valence-corrected chi connectivity index (χ3v) is 3.01. The number of carbonyl (C=O) groups excluding carboxylic acids is 1. The standard InChI is InChI=1S/C13H25BrO3/c1-2-17-13(15)12-16-11-9-7-5-3-4-6-8-10-14/h2-12H2,1H3. The Labute approximate surface area is 113 Å². The van der Waals surface area contributed by atoms with E-state index in [9.17, 15) is 4.79 Å². The second-order valence-electron chi connectivity index (χ2n) is 4.02. The molecule has 0 bridgehead atoms. The molecule has 0 unspecified atom stereocenters. The minimum atomic E-state index is -0.262. The second-order valence-corrected chi connectivity index (χ2v) is 4.81. The predicted octanol–water partition coefficient (Wildman–Crippen LogP) is 3.69. The van der Waals surface area contributed by atoms with Gasteiger partial charge < -0.3 is 9.47 Å². The van der Waals surface area contributed by atoms with Gasteiger partial charge in [-0.1, -0.05) is 48.0 Å². The van der Waals surface area contributed by atoms with Gasteiger partial charge in [0, 0.05) is 11.9 Å². The van der Waals surface area contributed by atoms with Crippen LogP contribution >= 0.6 is 15.9 Å². The minimum Gasteiger partial charge on any atom is -0.464 e. The SMILES string of the molecule is CCOC(=O)COCCCCCCCCCBr. The predicted molar refractivity (Wildman–Crippen MR) is 73.6 cm³/mol. The number of carbonyl (C=O) groups is 1. The van der Waals surface area contributed by atoms with Gasteiger partial charge >= 0.3 is 5.97 Å². The van der Waals surface area contributed by atoms with Crippen LogP contribution in [0.25, 0.3) is 0 Å². The van der Waals surface area contributed by atoms with Crippen molar-refractivity contribution in [1.29, 1.82) is 0 Å². The van der Waals surface area contributed by atoms with Crippen LogP contribution in [0.4, 0.5) is 0 Å². The van der Waals surface area contributed by atoms with E-state index in [-0.39, 0.29) is 12.6 Å². The fourth-order valence-electron chi connectivity index (χ4n) is 1.54. The van der Waals surface area contributed by atoms with Gasteiger partial charge in [0.15, 0.2) is 0 Å². The van der Waals surface area contributed by atoms with Crippen LogP contribution in [-0.4, -0.2) is 31.1 Å². The van der Waals surface area contributed by atoms with E-state index in [0.717, 1.165) is 11.8 Å². The fourth-order valence-corrected chi connectivity index (χ4v) is 1.94. The van der Waals surface area contributed by atoms with Crippen molar-refractivity contribution in [3.05, 3.63) is 0 Å². The number of alkyl halides is 1. The van der Waals surface area contributed by atoms with Gasteiger partial charge in [-0.05, 0) is 19.8 Å². The lowest BCUT2D eigenvalue weighted by molar-refractivity contribution is -0.148. The first-order chi connectivity index (χ1) is 8.31. The highest BCUT2D eigenvalue weighted by Gasteiger charge is 2.00. The minimum absolute atomic E-state index is 0.0963. The topological polar surface area (TPSA) is 35.5 Å². The van der Waals surface area contributed by atoms with Crippen LogP contribution in [-0.2, 0) is 14.3 Å². The quantitative estimate of drug-likeness (QED) is 0.313. The molecular formula is C13H25BrO3. The van der Waals surface area contributed by atoms with E-state index < -0.39 is 0 Å². The molecule has 0 aliphatic rings. The molecule has 0 atom stereocenters. The van der Waals surface area contributed by atoms with Crippen molar-refractivity contribution in [2.75, 3.05) is 25.2 Å². The maximum Gasteiger partial charge on any atom is 0.332 e. The molecule has 0 aromatic heterocycles. The van der Waals surface area contributed by atoms with Gasteiger partial charge in [-0.3, -0.25) is 0 Å². The first kappa shape index (κ1) is 16.9. The van der Waals surface area contributed by atoms with Gasteiger partial charge in [-0.2, -0.15) is 0 Å². The number of halogens is 1. The third-order valence-electron chi connectivity index (χ3n) is 2.45. The molecule has 17 heavy (non-hydrogen) atoms. The number of ether oxygens (including phenoxy) is 2. The number of hydrogen-bond donors (Lipinski definition) is 0. The summed E-state index contributed by atoms with van der Waals surface area (Å²) < 4.78 is 9.97. The summed E-state index contributed by atoms with van der Waals surface area (Å²) in [6.07, 6.45) is 8.74. The van der Waals surface area contributed by atoms with Gasteiger partial charge in [0.25, 0.3) is 0 Å². The van der Waals surface area contributed by atoms with Gasteiger partial charge in [0.05, 0.1) is 6.61 Å². The maximum absolute atomic E-state index is 10.9. The summed E-state index contributed by atoms with van der Waals surface area (Å²) in [4.78, 5) is 10.9. The Balaban J connectivity index is 3.01. The lowest BCUT2D eigenvalue weighted by atomic mass is 10.1. The average molecular weight is 309 g/mol. The number of rotatable bonds is 12. The highest BCUT2D eigenvalue weighted by molar-refractivity contribution is 9.09. The molecular weight excluding hydrogens is 284 g/mol. The van der Waals surface area contributed by atoms with Crippen molar-refractivity contribution >= 4 is 21.9 Å². The summed E-state index contributed by atoms with van der Waals surface area (Å²) in [5.41, 5.74) is 0. The average Bonchev–Trinajstić information content (AvgIpc) is 2.32. The Morgan fingerprint density at radius 1 is 1.00 bits per heavy atom. The second kappa shape index (κ2) is 14.0. The molecule has 3 nitrogen and oxygen atoms in total. The summed E-state index contributed by atoms with van der Waals surface area (Å²) in [7, 11) is 0. The molecule has 0 aromatic rings. The Morgan fingerprint density at radius 3 is 2.18 bits per heavy atom. The first-order valence-electron chi connectivity index (χ1n) is 6.60. The molecule has 102 valence electrons. The van der Waals surface area contributed by atoms with Crippen LogP contribution in [0.15, 0.2) is 0 Å². The normalized spacial score (nSPS) is 10.5. The fraction of sp³-hybridized carbons (Fsp3) is 0.923. The monoisotopic (exact) mass is 308 g/mol. The molecule has 0 spiro atoms. The summed E-state index contributed by atoms with van der Waals surface area (Å²) in [5, 5.41) is 1.12. The van der Waals surface area contributed by atoms with E-state index in [1.54, 1.807) is 6.92 Å². The molecule has 0 fully saturated rings. The van der Waals surface area contributed by atoms with Gasteiger partial charge in [0.1, 0.15) is 6.61 Å². The summed E-state index contributed by atoms with van der Waals surface area (Å²) in [6.45, 7) is 2.99. The summed E-state index contributed by atoms with van der Waals surface area (Å²) in [6, 6.07) is 0. The highest BCUT2D eigenvalue weighted by Crippen LogP contribution is 2.08. The largest absolute Gasteiger partial charge is 0.464 e. The van der Waals surface area contributed by atoms with E-state index in [0.29, 0.717) is 13.2 Å². The van der Waals surface area contributed by atoms with Crippen LogP contribution in [0.1, 0.15) is 51.9 Å². The zero-order valence-corrected chi connectivity index (χ0v) is 12.5. The highest BCUT2D eigenvalue weighted by atomic mass is 79.9. The van der Waals surface area contributed by atoms with Crippen LogP contribution in [0.2, 0.25) is 0 Å². The Bertz CT molecular complexity index is 174. The van der Waals surface area contributed by atoms with E-state index >= 15 is 0 Å². The Kier molecular flexibility index (Phi) is 13.9. The molecule has 0 rings (SSSR count). The van der Waals surface area contributed by atoms with E-state index in [1.807, 2.05) is 0 Å². The van der Waals surface area contributed by atoms with E-state index in [4.69, 9.17) is 9.47 Å². The summed E-state index contributed by atoms with van der Waals surface area (Å²) >= 11 is 3.43. The number of hydrogen-bond acceptors (Lipinski definition) is 3. The van der Waals surface area contributed by atoms with Crippen molar-refractivity contribution in [3.63, 3.8) is 0 Å². The van der Waals surface area contributed by atoms with E-state index in [2.05, 4.69) is 15.9 Å². The van der Waals surface area contributed by atoms with Gasteiger partial charge in [-0.15, -0.1) is 0 Å². The molecule has 0 saturated heterocycles. The van der Waals surface area contributed by atoms with Gasteiger partial charge in [-0.25, -0.2) is 4.79 Å².